The molecule has 1 aliphatic heterocycles. The van der Waals surface area contributed by atoms with Crippen LogP contribution in [0.5, 0.6) is 0 Å². The number of hydrogen-bond acceptors (Lipinski definition) is 4. The van der Waals surface area contributed by atoms with E-state index in [9.17, 15) is 4.79 Å². The molecule has 0 aliphatic carbocycles. The Balaban J connectivity index is 1.91. The minimum Gasteiger partial charge on any atom is -0.348 e. The predicted octanol–water partition coefficient (Wildman–Crippen LogP) is 0.993. The molecule has 1 aromatic heterocycles. The molecule has 6 nitrogen and oxygen atoms in total. The Hall–Kier alpha value is -1.40. The predicted molar refractivity (Wildman–Crippen MR) is 61.4 cm³/mol. The number of anilines is 1. The van der Waals surface area contributed by atoms with E-state index < -0.39 is 5.79 Å². The van der Waals surface area contributed by atoms with Crippen LogP contribution in [-0.4, -0.2) is 34.2 Å². The fourth-order valence-electron chi connectivity index (χ4n) is 1.77. The first-order chi connectivity index (χ1) is 7.94. The highest BCUT2D eigenvalue weighted by Gasteiger charge is 2.32. The van der Waals surface area contributed by atoms with Crippen LogP contribution in [-0.2, 0) is 20.8 Å². The first-order valence-corrected chi connectivity index (χ1v) is 5.57. The van der Waals surface area contributed by atoms with Gasteiger partial charge in [-0.05, 0) is 13.8 Å². The molecular formula is C11H17N3O3. The Morgan fingerprint density at radius 3 is 3.06 bits per heavy atom. The zero-order chi connectivity index (χ0) is 12.5. The molecule has 1 N–H and O–H groups in total. The van der Waals surface area contributed by atoms with Crippen molar-refractivity contribution >= 4 is 11.7 Å². The maximum absolute atomic E-state index is 10.8. The molecule has 17 heavy (non-hydrogen) atoms. The zero-order valence-electron chi connectivity index (χ0n) is 10.3. The van der Waals surface area contributed by atoms with Crippen molar-refractivity contribution in [3.8, 4) is 0 Å². The van der Waals surface area contributed by atoms with Crippen molar-refractivity contribution in [3.05, 3.63) is 12.3 Å². The topological polar surface area (TPSA) is 65.4 Å². The van der Waals surface area contributed by atoms with Gasteiger partial charge in [0.2, 0.25) is 5.91 Å². The highest BCUT2D eigenvalue weighted by molar-refractivity contribution is 5.87. The third kappa shape index (κ3) is 3.28. The molecule has 1 saturated heterocycles. The van der Waals surface area contributed by atoms with E-state index in [2.05, 4.69) is 10.4 Å². The summed E-state index contributed by atoms with van der Waals surface area (Å²) < 4.78 is 12.9. The van der Waals surface area contributed by atoms with Crippen molar-refractivity contribution < 1.29 is 14.3 Å². The molecule has 1 atom stereocenters. The van der Waals surface area contributed by atoms with Crippen LogP contribution in [0.15, 0.2) is 12.3 Å². The molecule has 1 aliphatic rings. The lowest BCUT2D eigenvalue weighted by molar-refractivity contribution is -0.139. The van der Waals surface area contributed by atoms with E-state index in [1.54, 1.807) is 16.9 Å². The molecule has 1 unspecified atom stereocenters. The normalized spacial score (nSPS) is 22.6. The summed E-state index contributed by atoms with van der Waals surface area (Å²) in [5.41, 5.74) is 0. The first kappa shape index (κ1) is 12.1. The molecule has 6 heteroatoms. The monoisotopic (exact) mass is 239 g/mol. The molecule has 1 fully saturated rings. The minimum atomic E-state index is -0.516. The summed E-state index contributed by atoms with van der Waals surface area (Å²) in [6.45, 7) is 6.40. The quantitative estimate of drug-likeness (QED) is 0.854. The third-order valence-electron chi connectivity index (χ3n) is 2.40. The summed E-state index contributed by atoms with van der Waals surface area (Å²) in [5.74, 6) is -0.0920. The Bertz CT molecular complexity index is 414. The molecule has 0 radical (unpaired) electrons. The van der Waals surface area contributed by atoms with Gasteiger partial charge in [0.1, 0.15) is 6.10 Å². The number of nitrogens with one attached hydrogen (secondary N) is 1. The van der Waals surface area contributed by atoms with Crippen LogP contribution in [0.3, 0.4) is 0 Å². The average molecular weight is 239 g/mol. The van der Waals surface area contributed by atoms with E-state index in [0.717, 1.165) is 0 Å². The van der Waals surface area contributed by atoms with Gasteiger partial charge in [0.25, 0.3) is 0 Å². The SMILES string of the molecule is CC(=O)Nc1ccn(CC2COC(C)(C)O2)n1. The van der Waals surface area contributed by atoms with Gasteiger partial charge >= 0.3 is 0 Å². The lowest BCUT2D eigenvalue weighted by atomic mass is 10.4. The number of carbonyl (C=O) groups excluding carboxylic acids is 1. The molecule has 2 rings (SSSR count). The number of nitrogens with zero attached hydrogens (tertiary/aromatic N) is 2. The first-order valence-electron chi connectivity index (χ1n) is 5.57. The second kappa shape index (κ2) is 4.46. The van der Waals surface area contributed by atoms with Gasteiger partial charge in [-0.2, -0.15) is 5.10 Å². The number of rotatable bonds is 3. The molecule has 1 amide bonds. The van der Waals surface area contributed by atoms with E-state index in [4.69, 9.17) is 9.47 Å². The smallest absolute Gasteiger partial charge is 0.222 e. The Morgan fingerprint density at radius 2 is 2.47 bits per heavy atom. The van der Waals surface area contributed by atoms with Crippen LogP contribution in [0.25, 0.3) is 0 Å². The second-order valence-corrected chi connectivity index (χ2v) is 4.55. The number of ether oxygens (including phenoxy) is 2. The van der Waals surface area contributed by atoms with Crippen LogP contribution in [0.1, 0.15) is 20.8 Å². The Kier molecular flexibility index (Phi) is 3.17. The van der Waals surface area contributed by atoms with Gasteiger partial charge in [0.05, 0.1) is 13.2 Å². The van der Waals surface area contributed by atoms with Crippen LogP contribution in [0.2, 0.25) is 0 Å². The van der Waals surface area contributed by atoms with Gasteiger partial charge in [0, 0.05) is 19.2 Å². The van der Waals surface area contributed by atoms with Gasteiger partial charge in [-0.1, -0.05) is 0 Å². The van der Waals surface area contributed by atoms with Crippen molar-refractivity contribution in [1.29, 1.82) is 0 Å². The fraction of sp³-hybridized carbons (Fsp3) is 0.636. The number of aromatic nitrogens is 2. The Labute approximate surface area is 99.9 Å². The van der Waals surface area contributed by atoms with E-state index in [-0.39, 0.29) is 12.0 Å². The van der Waals surface area contributed by atoms with E-state index in [1.165, 1.54) is 6.92 Å². The Morgan fingerprint density at radius 1 is 1.71 bits per heavy atom. The number of carbonyl (C=O) groups is 1. The molecule has 0 aromatic carbocycles. The molecule has 1 aromatic rings. The molecule has 0 bridgehead atoms. The highest BCUT2D eigenvalue weighted by Crippen LogP contribution is 2.23. The van der Waals surface area contributed by atoms with Gasteiger partial charge in [-0.3, -0.25) is 9.48 Å². The summed E-state index contributed by atoms with van der Waals surface area (Å²) in [7, 11) is 0. The van der Waals surface area contributed by atoms with Crippen molar-refractivity contribution in [1.82, 2.24) is 9.78 Å². The maximum Gasteiger partial charge on any atom is 0.222 e. The number of hydrogen-bond donors (Lipinski definition) is 1. The average Bonchev–Trinajstić information content (AvgIpc) is 2.73. The maximum atomic E-state index is 10.8. The third-order valence-corrected chi connectivity index (χ3v) is 2.40. The van der Waals surface area contributed by atoms with Crippen LogP contribution >= 0.6 is 0 Å². The summed E-state index contributed by atoms with van der Waals surface area (Å²) in [6, 6.07) is 1.75. The molecule has 94 valence electrons. The lowest BCUT2D eigenvalue weighted by Crippen LogP contribution is -2.24. The van der Waals surface area contributed by atoms with Gasteiger partial charge in [-0.15, -0.1) is 0 Å². The van der Waals surface area contributed by atoms with Crippen LogP contribution in [0, 0.1) is 0 Å². The van der Waals surface area contributed by atoms with Gasteiger partial charge < -0.3 is 14.8 Å². The molecule has 0 saturated carbocycles. The van der Waals surface area contributed by atoms with Crippen LogP contribution in [0.4, 0.5) is 5.82 Å². The van der Waals surface area contributed by atoms with Crippen LogP contribution < -0.4 is 5.32 Å². The van der Waals surface area contributed by atoms with Crippen molar-refractivity contribution in [3.63, 3.8) is 0 Å². The summed E-state index contributed by atoms with van der Waals surface area (Å²) >= 11 is 0. The van der Waals surface area contributed by atoms with Crippen molar-refractivity contribution in [2.24, 2.45) is 0 Å². The second-order valence-electron chi connectivity index (χ2n) is 4.55. The summed E-state index contributed by atoms with van der Waals surface area (Å²) in [4.78, 5) is 10.8. The minimum absolute atomic E-state index is 0.00456. The van der Waals surface area contributed by atoms with E-state index in [1.807, 2.05) is 13.8 Å². The van der Waals surface area contributed by atoms with E-state index in [0.29, 0.717) is 19.0 Å². The highest BCUT2D eigenvalue weighted by atomic mass is 16.7. The standard InChI is InChI=1S/C11H17N3O3/c1-8(15)12-10-4-5-14(13-10)6-9-7-16-11(2,3)17-9/h4-5,9H,6-7H2,1-3H3,(H,12,13,15). The number of amides is 1. The summed E-state index contributed by atoms with van der Waals surface area (Å²) in [5, 5.41) is 6.83. The van der Waals surface area contributed by atoms with Crippen molar-refractivity contribution in [2.75, 3.05) is 11.9 Å². The fourth-order valence-corrected chi connectivity index (χ4v) is 1.77. The van der Waals surface area contributed by atoms with Gasteiger partial charge in [0.15, 0.2) is 11.6 Å². The largest absolute Gasteiger partial charge is 0.348 e. The summed E-state index contributed by atoms with van der Waals surface area (Å²) in [6.07, 6.45) is 1.80. The van der Waals surface area contributed by atoms with Gasteiger partial charge in [-0.25, -0.2) is 0 Å². The molecule has 2 heterocycles. The van der Waals surface area contributed by atoms with Crippen molar-refractivity contribution in [2.45, 2.75) is 39.2 Å². The molecular weight excluding hydrogens is 222 g/mol. The lowest BCUT2D eigenvalue weighted by Gasteiger charge is -2.16. The molecule has 0 spiro atoms. The van der Waals surface area contributed by atoms with E-state index >= 15 is 0 Å². The zero-order valence-corrected chi connectivity index (χ0v) is 10.3.